The Hall–Kier alpha value is -1.69. The van der Waals surface area contributed by atoms with Gasteiger partial charge < -0.3 is 5.11 Å². The Bertz CT molecular complexity index is 737. The molecule has 1 nitrogen and oxygen atoms in total. The van der Waals surface area contributed by atoms with E-state index in [-0.39, 0.29) is 12.5 Å². The molecular weight excluding hydrogens is 276 g/mol. The number of aryl methyl sites for hydroxylation is 2. The summed E-state index contributed by atoms with van der Waals surface area (Å²) in [5.74, 6) is 6.12. The van der Waals surface area contributed by atoms with Gasteiger partial charge in [-0.3, -0.25) is 0 Å². The van der Waals surface area contributed by atoms with Crippen molar-refractivity contribution in [2.75, 3.05) is 6.61 Å². The summed E-state index contributed by atoms with van der Waals surface area (Å²) in [6, 6.07) is 12.8. The Labute approximate surface area is 131 Å². The summed E-state index contributed by atoms with van der Waals surface area (Å²) in [6.07, 6.45) is 2.00. The van der Waals surface area contributed by atoms with Gasteiger partial charge in [-0.1, -0.05) is 42.2 Å². The van der Waals surface area contributed by atoms with E-state index >= 15 is 0 Å². The fourth-order valence-corrected chi connectivity index (χ4v) is 3.57. The average molecular weight is 294 g/mol. The fraction of sp³-hybridized carbons (Fsp3) is 0.263. The van der Waals surface area contributed by atoms with Crippen LogP contribution in [0, 0.1) is 18.8 Å². The third-order valence-electron chi connectivity index (χ3n) is 4.05. The molecule has 21 heavy (non-hydrogen) atoms. The van der Waals surface area contributed by atoms with E-state index in [9.17, 15) is 0 Å². The van der Waals surface area contributed by atoms with Crippen LogP contribution in [0.25, 0.3) is 0 Å². The summed E-state index contributed by atoms with van der Waals surface area (Å²) >= 11 is 4.67. The Morgan fingerprint density at radius 1 is 1.19 bits per heavy atom. The van der Waals surface area contributed by atoms with Crippen LogP contribution in [0.1, 0.15) is 33.7 Å². The Balaban J connectivity index is 2.25. The predicted octanol–water partition coefficient (Wildman–Crippen LogP) is 3.51. The lowest BCUT2D eigenvalue weighted by Gasteiger charge is -2.17. The van der Waals surface area contributed by atoms with Crippen LogP contribution < -0.4 is 0 Å². The molecule has 0 aromatic heterocycles. The molecule has 0 saturated carbocycles. The second kappa shape index (κ2) is 5.97. The van der Waals surface area contributed by atoms with E-state index in [0.29, 0.717) is 0 Å². The normalized spacial score (nSPS) is 16.2. The maximum atomic E-state index is 9.08. The number of benzene rings is 2. The minimum atomic E-state index is -0.104. The van der Waals surface area contributed by atoms with Crippen LogP contribution in [0.3, 0.4) is 0 Å². The molecule has 2 heteroatoms. The van der Waals surface area contributed by atoms with Gasteiger partial charge in [-0.2, -0.15) is 0 Å². The van der Waals surface area contributed by atoms with Crippen molar-refractivity contribution in [2.24, 2.45) is 0 Å². The molecular formula is C19H18OS. The number of aliphatic hydroxyl groups excluding tert-OH is 1. The van der Waals surface area contributed by atoms with Crippen LogP contribution in [0.15, 0.2) is 41.3 Å². The first kappa shape index (κ1) is 14.3. The molecule has 0 aliphatic heterocycles. The van der Waals surface area contributed by atoms with Crippen molar-refractivity contribution < 1.29 is 5.11 Å². The first-order valence-electron chi connectivity index (χ1n) is 7.20. The second-order valence-corrected chi connectivity index (χ2v) is 5.94. The van der Waals surface area contributed by atoms with Crippen molar-refractivity contribution in [2.45, 2.75) is 30.6 Å². The van der Waals surface area contributed by atoms with E-state index in [1.54, 1.807) is 0 Å². The molecule has 2 aromatic carbocycles. The summed E-state index contributed by atoms with van der Waals surface area (Å²) in [7, 11) is 0. The van der Waals surface area contributed by atoms with Crippen LogP contribution in [-0.4, -0.2) is 11.7 Å². The first-order valence-corrected chi connectivity index (χ1v) is 7.65. The van der Waals surface area contributed by atoms with Crippen molar-refractivity contribution >= 4 is 12.6 Å². The van der Waals surface area contributed by atoms with E-state index in [1.165, 1.54) is 27.8 Å². The van der Waals surface area contributed by atoms with Gasteiger partial charge in [-0.25, -0.2) is 0 Å². The quantitative estimate of drug-likeness (QED) is 0.563. The molecule has 1 atom stereocenters. The van der Waals surface area contributed by atoms with Gasteiger partial charge in [-0.05, 0) is 53.6 Å². The fourth-order valence-electron chi connectivity index (χ4n) is 3.13. The summed E-state index contributed by atoms with van der Waals surface area (Å²) in [5, 5.41) is 9.08. The highest BCUT2D eigenvalue weighted by Gasteiger charge is 2.23. The zero-order chi connectivity index (χ0) is 14.8. The maximum absolute atomic E-state index is 9.08. The minimum Gasteiger partial charge on any atom is -0.384 e. The molecule has 3 rings (SSSR count). The molecule has 0 spiro atoms. The van der Waals surface area contributed by atoms with Crippen LogP contribution in [0.4, 0.5) is 0 Å². The van der Waals surface area contributed by atoms with Crippen molar-refractivity contribution in [1.82, 2.24) is 0 Å². The number of hydrogen-bond acceptors (Lipinski definition) is 2. The van der Waals surface area contributed by atoms with E-state index in [0.717, 1.165) is 17.7 Å². The topological polar surface area (TPSA) is 20.2 Å². The van der Waals surface area contributed by atoms with E-state index in [4.69, 9.17) is 5.11 Å². The number of aliphatic hydroxyl groups is 1. The summed E-state index contributed by atoms with van der Waals surface area (Å²) in [4.78, 5) is 1.05. The van der Waals surface area contributed by atoms with E-state index in [1.807, 2.05) is 0 Å². The van der Waals surface area contributed by atoms with E-state index < -0.39 is 0 Å². The van der Waals surface area contributed by atoms with Crippen LogP contribution >= 0.6 is 12.6 Å². The van der Waals surface area contributed by atoms with Gasteiger partial charge in [0, 0.05) is 4.90 Å². The lowest BCUT2D eigenvalue weighted by molar-refractivity contribution is 0.350. The van der Waals surface area contributed by atoms with Gasteiger partial charge in [0.25, 0.3) is 0 Å². The van der Waals surface area contributed by atoms with Crippen molar-refractivity contribution in [1.29, 1.82) is 0 Å². The lowest BCUT2D eigenvalue weighted by atomic mass is 9.87. The first-order chi connectivity index (χ1) is 10.2. The molecule has 0 fully saturated rings. The van der Waals surface area contributed by atoms with Crippen LogP contribution in [0.5, 0.6) is 0 Å². The summed E-state index contributed by atoms with van der Waals surface area (Å²) in [5.41, 5.74) is 6.34. The molecule has 0 heterocycles. The number of rotatable bonds is 0. The van der Waals surface area contributed by atoms with Gasteiger partial charge >= 0.3 is 0 Å². The lowest BCUT2D eigenvalue weighted by Crippen LogP contribution is -2.03. The number of hydrogen-bond donors (Lipinski definition) is 2. The smallest absolute Gasteiger partial charge is 0.104 e. The zero-order valence-corrected chi connectivity index (χ0v) is 13.0. The third kappa shape index (κ3) is 2.72. The molecule has 106 valence electrons. The molecule has 1 aliphatic rings. The largest absolute Gasteiger partial charge is 0.384 e. The molecule has 0 radical (unpaired) electrons. The van der Waals surface area contributed by atoms with Gasteiger partial charge in [0.1, 0.15) is 6.61 Å². The zero-order valence-electron chi connectivity index (χ0n) is 12.1. The number of fused-ring (bicyclic) bond motifs is 2. The van der Waals surface area contributed by atoms with Crippen molar-refractivity contribution in [3.8, 4) is 11.8 Å². The van der Waals surface area contributed by atoms with Gasteiger partial charge in [0.2, 0.25) is 0 Å². The summed E-state index contributed by atoms with van der Waals surface area (Å²) < 4.78 is 0. The minimum absolute atomic E-state index is 0.0247. The van der Waals surface area contributed by atoms with Crippen molar-refractivity contribution in [3.63, 3.8) is 0 Å². The molecule has 1 unspecified atom stereocenters. The van der Waals surface area contributed by atoms with Gasteiger partial charge in [0.15, 0.2) is 0 Å². The number of thiol groups is 1. The predicted molar refractivity (Wildman–Crippen MR) is 89.0 cm³/mol. The molecule has 0 amide bonds. The van der Waals surface area contributed by atoms with Crippen molar-refractivity contribution in [3.05, 3.63) is 64.2 Å². The molecule has 0 bridgehead atoms. The molecule has 2 aromatic rings. The summed E-state index contributed by atoms with van der Waals surface area (Å²) in [6.45, 7) is 1.99. The van der Waals surface area contributed by atoms with Gasteiger partial charge in [-0.15, -0.1) is 12.6 Å². The second-order valence-electron chi connectivity index (χ2n) is 5.46. The standard InChI is InChI=1S/C19H18OS/c1-13-11-18-16(7-4-10-20)15-6-3-2-5-14(15)8-9-17(18)19(21)12-13/h2-3,5-6,11-12,16,20-21H,8-10H2,1H3. The van der Waals surface area contributed by atoms with Gasteiger partial charge in [0.05, 0.1) is 5.92 Å². The Kier molecular flexibility index (Phi) is 4.05. The highest BCUT2D eigenvalue weighted by atomic mass is 32.1. The average Bonchev–Trinajstić information content (AvgIpc) is 2.62. The maximum Gasteiger partial charge on any atom is 0.104 e. The molecule has 1 N–H and O–H groups in total. The third-order valence-corrected chi connectivity index (χ3v) is 4.45. The highest BCUT2D eigenvalue weighted by molar-refractivity contribution is 7.80. The monoisotopic (exact) mass is 294 g/mol. The van der Waals surface area contributed by atoms with E-state index in [2.05, 4.69) is 67.8 Å². The molecule has 1 aliphatic carbocycles. The van der Waals surface area contributed by atoms with Crippen LogP contribution in [-0.2, 0) is 12.8 Å². The van der Waals surface area contributed by atoms with Crippen LogP contribution in [0.2, 0.25) is 0 Å². The Morgan fingerprint density at radius 3 is 2.81 bits per heavy atom. The highest BCUT2D eigenvalue weighted by Crippen LogP contribution is 2.36. The SMILES string of the molecule is Cc1cc(S)c2c(c1)C(C#CCO)c1ccccc1CC2. The Morgan fingerprint density at radius 2 is 2.00 bits per heavy atom. The molecule has 0 saturated heterocycles.